The summed E-state index contributed by atoms with van der Waals surface area (Å²) in [6.07, 6.45) is 0. The van der Waals surface area contributed by atoms with E-state index in [0.29, 0.717) is 31.4 Å². The molecule has 12 heteroatoms. The molecule has 0 fully saturated rings. The van der Waals surface area contributed by atoms with Crippen molar-refractivity contribution in [2.45, 2.75) is 29.1 Å². The molecule has 6 aromatic rings. The summed E-state index contributed by atoms with van der Waals surface area (Å²) in [4.78, 5) is 47.1. The van der Waals surface area contributed by atoms with Gasteiger partial charge in [0, 0.05) is 21.4 Å². The number of benzene rings is 4. The molecule has 8 nitrogen and oxygen atoms in total. The average Bonchev–Trinajstić information content (AvgIpc) is 3.71. The first-order valence-corrected chi connectivity index (χ1v) is 17.1. The van der Waals surface area contributed by atoms with Crippen molar-refractivity contribution < 1.29 is 14.0 Å². The number of hydrogen-bond donors (Lipinski definition) is 0. The van der Waals surface area contributed by atoms with Crippen molar-refractivity contribution in [2.75, 3.05) is 9.80 Å². The fourth-order valence-corrected chi connectivity index (χ4v) is 8.71. The number of para-hydroxylation sites is 1. The normalized spacial score (nSPS) is 16.8. The standard InChI is InChI=1S/C35H22Cl2N4O4S2/c1-19-8-2-3-9-20(19)17-40-26-13-7-5-11-24(26)35(32(40)44)28-29(42)23-16-22(36)14-15-27(23)45-30(28)31(43)41(35)33-38-39-34(47-33)46-18-21-10-4-6-12-25(21)37/h2-16H,17-18H2,1H3. The molecule has 0 radical (unpaired) electrons. The van der Waals surface area contributed by atoms with Crippen molar-refractivity contribution in [3.8, 4) is 0 Å². The first-order chi connectivity index (χ1) is 22.8. The maximum Gasteiger partial charge on any atom is 0.297 e. The zero-order chi connectivity index (χ0) is 32.4. The molecule has 47 heavy (non-hydrogen) atoms. The molecule has 232 valence electrons. The highest BCUT2D eigenvalue weighted by Crippen LogP contribution is 2.55. The van der Waals surface area contributed by atoms with Crippen molar-refractivity contribution >= 4 is 79.9 Å². The van der Waals surface area contributed by atoms with Gasteiger partial charge in [0.1, 0.15) is 5.58 Å². The zero-order valence-electron chi connectivity index (χ0n) is 24.6. The highest BCUT2D eigenvalue weighted by Gasteiger charge is 2.66. The third-order valence-corrected chi connectivity index (χ3v) is 11.3. The zero-order valence-corrected chi connectivity index (χ0v) is 27.7. The summed E-state index contributed by atoms with van der Waals surface area (Å²) < 4.78 is 6.73. The minimum Gasteiger partial charge on any atom is -0.450 e. The molecule has 2 aliphatic heterocycles. The van der Waals surface area contributed by atoms with Crippen molar-refractivity contribution in [3.05, 3.63) is 145 Å². The predicted octanol–water partition coefficient (Wildman–Crippen LogP) is 8.00. The van der Waals surface area contributed by atoms with Crippen molar-refractivity contribution in [2.24, 2.45) is 0 Å². The van der Waals surface area contributed by atoms with Crippen LogP contribution in [0, 0.1) is 6.92 Å². The van der Waals surface area contributed by atoms with Crippen LogP contribution in [0.25, 0.3) is 11.0 Å². The number of amides is 2. The molecule has 1 atom stereocenters. The first-order valence-electron chi connectivity index (χ1n) is 14.6. The number of nitrogens with zero attached hydrogens (tertiary/aromatic N) is 4. The summed E-state index contributed by atoms with van der Waals surface area (Å²) >= 11 is 15.2. The average molecular weight is 698 g/mol. The summed E-state index contributed by atoms with van der Waals surface area (Å²) in [6, 6.07) is 27.1. The number of aromatic nitrogens is 2. The van der Waals surface area contributed by atoms with E-state index in [-0.39, 0.29) is 34.0 Å². The van der Waals surface area contributed by atoms with Gasteiger partial charge in [-0.2, -0.15) is 0 Å². The van der Waals surface area contributed by atoms with E-state index in [0.717, 1.165) is 28.0 Å². The van der Waals surface area contributed by atoms with Gasteiger partial charge < -0.3 is 9.32 Å². The maximum atomic E-state index is 15.2. The Kier molecular flexibility index (Phi) is 7.21. The minimum atomic E-state index is -1.90. The number of rotatable bonds is 6. The Bertz CT molecular complexity index is 2340. The van der Waals surface area contributed by atoms with Crippen molar-refractivity contribution in [3.63, 3.8) is 0 Å². The topological polar surface area (TPSA) is 96.6 Å². The number of carbonyl (C=O) groups excluding carboxylic acids is 2. The van der Waals surface area contributed by atoms with Crippen LogP contribution in [0.4, 0.5) is 10.8 Å². The van der Waals surface area contributed by atoms with Crippen LogP contribution in [0.15, 0.2) is 105 Å². The lowest BCUT2D eigenvalue weighted by Crippen LogP contribution is -2.53. The number of thioether (sulfide) groups is 1. The Balaban J connectivity index is 1.33. The molecule has 0 saturated heterocycles. The van der Waals surface area contributed by atoms with Crippen LogP contribution >= 0.6 is 46.3 Å². The van der Waals surface area contributed by atoms with Crippen LogP contribution in [0.3, 0.4) is 0 Å². The SMILES string of the molecule is Cc1ccccc1CN1C(=O)C2(c3ccccc31)c1c(oc3ccc(Cl)cc3c1=O)C(=O)N2c1nnc(SCc2ccccc2Cl)s1. The largest absolute Gasteiger partial charge is 0.450 e. The summed E-state index contributed by atoms with van der Waals surface area (Å²) in [5, 5.41) is 10.1. The number of aryl methyl sites for hydroxylation is 1. The van der Waals surface area contributed by atoms with Crippen LogP contribution in [-0.2, 0) is 22.6 Å². The van der Waals surface area contributed by atoms with Gasteiger partial charge in [-0.1, -0.05) is 107 Å². The number of carbonyl (C=O) groups is 2. The lowest BCUT2D eigenvalue weighted by atomic mass is 9.84. The van der Waals surface area contributed by atoms with Gasteiger partial charge >= 0.3 is 0 Å². The fraction of sp³-hybridized carbons (Fsp3) is 0.114. The molecule has 1 unspecified atom stereocenters. The summed E-state index contributed by atoms with van der Waals surface area (Å²) in [6.45, 7) is 2.20. The second-order valence-electron chi connectivity index (χ2n) is 11.2. The molecule has 0 aliphatic carbocycles. The molecule has 2 amide bonds. The lowest BCUT2D eigenvalue weighted by Gasteiger charge is -2.32. The van der Waals surface area contributed by atoms with Crippen molar-refractivity contribution in [1.82, 2.24) is 10.2 Å². The van der Waals surface area contributed by atoms with E-state index in [1.54, 1.807) is 29.2 Å². The first kappa shape index (κ1) is 29.9. The van der Waals surface area contributed by atoms with Gasteiger partial charge in [-0.25, -0.2) is 0 Å². The van der Waals surface area contributed by atoms with E-state index in [9.17, 15) is 9.59 Å². The molecule has 1 spiro atoms. The molecule has 2 aliphatic rings. The van der Waals surface area contributed by atoms with Crippen molar-refractivity contribution in [1.29, 1.82) is 0 Å². The van der Waals surface area contributed by atoms with Crippen LogP contribution in [0.2, 0.25) is 10.0 Å². The highest BCUT2D eigenvalue weighted by molar-refractivity contribution is 8.00. The van der Waals surface area contributed by atoms with Crippen LogP contribution < -0.4 is 15.2 Å². The maximum absolute atomic E-state index is 15.2. The monoisotopic (exact) mass is 696 g/mol. The Morgan fingerprint density at radius 3 is 2.45 bits per heavy atom. The third-order valence-electron chi connectivity index (χ3n) is 8.57. The van der Waals surface area contributed by atoms with Crippen LogP contribution in [0.5, 0.6) is 0 Å². The van der Waals surface area contributed by atoms with E-state index >= 15 is 4.79 Å². The second-order valence-corrected chi connectivity index (χ2v) is 14.2. The minimum absolute atomic E-state index is 0.0672. The number of hydrogen-bond acceptors (Lipinski definition) is 8. The molecule has 0 N–H and O–H groups in total. The van der Waals surface area contributed by atoms with Crippen LogP contribution in [-0.4, -0.2) is 22.0 Å². The molecule has 2 aromatic heterocycles. The van der Waals surface area contributed by atoms with Crippen LogP contribution in [0.1, 0.15) is 38.4 Å². The fourth-order valence-electron chi connectivity index (χ4n) is 6.36. The molecule has 8 rings (SSSR count). The Morgan fingerprint density at radius 1 is 0.894 bits per heavy atom. The molecule has 4 heterocycles. The Morgan fingerprint density at radius 2 is 1.64 bits per heavy atom. The molecular weight excluding hydrogens is 675 g/mol. The van der Waals surface area contributed by atoms with Gasteiger partial charge in [0.2, 0.25) is 10.9 Å². The van der Waals surface area contributed by atoms with Gasteiger partial charge in [-0.05, 0) is 53.9 Å². The third kappa shape index (κ3) is 4.54. The Hall–Kier alpha value is -4.48. The molecule has 0 saturated carbocycles. The van der Waals surface area contributed by atoms with Gasteiger partial charge in [-0.3, -0.25) is 19.3 Å². The Labute approximate surface area is 286 Å². The molecule has 4 aromatic carbocycles. The number of fused-ring (bicyclic) bond motifs is 5. The second kappa shape index (κ2) is 11.3. The summed E-state index contributed by atoms with van der Waals surface area (Å²) in [7, 11) is 0. The van der Waals surface area contributed by atoms with E-state index in [2.05, 4.69) is 10.2 Å². The van der Waals surface area contributed by atoms with E-state index in [1.807, 2.05) is 67.6 Å². The van der Waals surface area contributed by atoms with Gasteiger partial charge in [0.15, 0.2) is 15.3 Å². The van der Waals surface area contributed by atoms with E-state index < -0.39 is 22.8 Å². The quantitative estimate of drug-likeness (QED) is 0.129. The predicted molar refractivity (Wildman–Crippen MR) is 185 cm³/mol. The number of halogens is 2. The smallest absolute Gasteiger partial charge is 0.297 e. The highest BCUT2D eigenvalue weighted by atomic mass is 35.5. The van der Waals surface area contributed by atoms with Gasteiger partial charge in [0.05, 0.1) is 23.2 Å². The molecular formula is C35H22Cl2N4O4S2. The summed E-state index contributed by atoms with van der Waals surface area (Å²) in [5.41, 5.74) is 1.61. The summed E-state index contributed by atoms with van der Waals surface area (Å²) in [5.74, 6) is -0.825. The van der Waals surface area contributed by atoms with E-state index in [4.69, 9.17) is 27.6 Å². The lowest BCUT2D eigenvalue weighted by molar-refractivity contribution is -0.121. The van der Waals surface area contributed by atoms with E-state index in [1.165, 1.54) is 22.7 Å². The van der Waals surface area contributed by atoms with Gasteiger partial charge in [-0.15, -0.1) is 10.2 Å². The molecule has 0 bridgehead atoms. The number of anilines is 2. The van der Waals surface area contributed by atoms with Gasteiger partial charge in [0.25, 0.3) is 11.8 Å².